The second kappa shape index (κ2) is 4.37. The highest BCUT2D eigenvalue weighted by molar-refractivity contribution is 7.12. The average molecular weight is 264 g/mol. The van der Waals surface area contributed by atoms with Gasteiger partial charge < -0.3 is 9.84 Å². The van der Waals surface area contributed by atoms with Crippen LogP contribution in [0, 0.1) is 12.7 Å². The molecular formula is C14H13FO2S. The van der Waals surface area contributed by atoms with Gasteiger partial charge in [-0.25, -0.2) is 4.39 Å². The van der Waals surface area contributed by atoms with E-state index in [1.54, 1.807) is 17.4 Å². The van der Waals surface area contributed by atoms with Gasteiger partial charge in [0.15, 0.2) is 0 Å². The van der Waals surface area contributed by atoms with Crippen LogP contribution in [0.2, 0.25) is 0 Å². The molecule has 94 valence electrons. The second-order valence-electron chi connectivity index (χ2n) is 4.49. The minimum Gasteiger partial charge on any atom is -0.484 e. The molecule has 0 spiro atoms. The molecule has 0 aliphatic carbocycles. The Balaban J connectivity index is 1.94. The first-order valence-corrected chi connectivity index (χ1v) is 6.65. The molecule has 2 atom stereocenters. The molecule has 1 aromatic carbocycles. The molecule has 2 heterocycles. The first kappa shape index (κ1) is 11.7. The lowest BCUT2D eigenvalue weighted by atomic mass is 9.98. The molecule has 0 bridgehead atoms. The van der Waals surface area contributed by atoms with E-state index in [2.05, 4.69) is 0 Å². The van der Waals surface area contributed by atoms with Gasteiger partial charge in [0.2, 0.25) is 0 Å². The Bertz CT molecular complexity index is 579. The molecule has 1 N–H and O–H groups in total. The highest BCUT2D eigenvalue weighted by Crippen LogP contribution is 2.42. The van der Waals surface area contributed by atoms with Gasteiger partial charge in [0.25, 0.3) is 0 Å². The molecule has 0 fully saturated rings. The number of thiophene rings is 1. The molecule has 0 amide bonds. The number of ether oxygens (including phenoxy) is 1. The summed E-state index contributed by atoms with van der Waals surface area (Å²) in [6, 6.07) is 8.34. The third kappa shape index (κ3) is 2.02. The molecule has 1 aliphatic rings. The number of fused-ring (bicyclic) bond motifs is 1. The van der Waals surface area contributed by atoms with Gasteiger partial charge >= 0.3 is 0 Å². The summed E-state index contributed by atoms with van der Waals surface area (Å²) in [6.07, 6.45) is -0.343. The zero-order chi connectivity index (χ0) is 12.7. The van der Waals surface area contributed by atoms with Crippen molar-refractivity contribution in [2.45, 2.75) is 25.6 Å². The Morgan fingerprint density at radius 1 is 1.33 bits per heavy atom. The zero-order valence-corrected chi connectivity index (χ0v) is 10.7. The molecule has 3 rings (SSSR count). The van der Waals surface area contributed by atoms with Crippen molar-refractivity contribution in [3.05, 3.63) is 51.5 Å². The number of aliphatic hydroxyl groups excluding tert-OH is 1. The van der Waals surface area contributed by atoms with Crippen molar-refractivity contribution in [2.75, 3.05) is 0 Å². The summed E-state index contributed by atoms with van der Waals surface area (Å²) in [5.41, 5.74) is 0.541. The second-order valence-corrected chi connectivity index (χ2v) is 5.81. The number of halogens is 1. The van der Waals surface area contributed by atoms with E-state index < -0.39 is 6.10 Å². The van der Waals surface area contributed by atoms with Gasteiger partial charge in [0.05, 0.1) is 6.10 Å². The molecule has 2 unspecified atom stereocenters. The summed E-state index contributed by atoms with van der Waals surface area (Å²) in [5, 5.41) is 10.1. The van der Waals surface area contributed by atoms with E-state index in [-0.39, 0.29) is 11.9 Å². The molecule has 18 heavy (non-hydrogen) atoms. The Kier molecular flexibility index (Phi) is 2.84. The largest absolute Gasteiger partial charge is 0.484 e. The number of rotatable bonds is 1. The Labute approximate surface area is 109 Å². The maximum Gasteiger partial charge on any atom is 0.136 e. The van der Waals surface area contributed by atoms with Crippen molar-refractivity contribution >= 4 is 11.3 Å². The third-order valence-corrected chi connectivity index (χ3v) is 4.21. The highest BCUT2D eigenvalue weighted by Gasteiger charge is 2.29. The number of benzene rings is 1. The molecule has 0 radical (unpaired) electrons. The first-order valence-electron chi connectivity index (χ1n) is 5.84. The Morgan fingerprint density at radius 2 is 2.17 bits per heavy atom. The van der Waals surface area contributed by atoms with Gasteiger partial charge in [0, 0.05) is 21.7 Å². The van der Waals surface area contributed by atoms with Crippen molar-refractivity contribution in [1.29, 1.82) is 0 Å². The topological polar surface area (TPSA) is 29.5 Å². The molecule has 0 saturated carbocycles. The quantitative estimate of drug-likeness (QED) is 0.850. The van der Waals surface area contributed by atoms with E-state index in [0.29, 0.717) is 17.7 Å². The molecule has 1 aliphatic heterocycles. The smallest absolute Gasteiger partial charge is 0.136 e. The van der Waals surface area contributed by atoms with Crippen molar-refractivity contribution < 1.29 is 14.2 Å². The monoisotopic (exact) mass is 264 g/mol. The van der Waals surface area contributed by atoms with Crippen molar-refractivity contribution in [1.82, 2.24) is 0 Å². The first-order chi connectivity index (χ1) is 8.63. The van der Waals surface area contributed by atoms with Crippen LogP contribution < -0.4 is 4.74 Å². The lowest BCUT2D eigenvalue weighted by molar-refractivity contribution is 0.0670. The van der Waals surface area contributed by atoms with E-state index >= 15 is 0 Å². The van der Waals surface area contributed by atoms with Crippen LogP contribution in [-0.2, 0) is 0 Å². The number of aryl methyl sites for hydroxylation is 1. The van der Waals surface area contributed by atoms with Crippen LogP contribution in [0.3, 0.4) is 0 Å². The highest BCUT2D eigenvalue weighted by atomic mass is 32.1. The fraction of sp³-hybridized carbons (Fsp3) is 0.286. The molecule has 1 aromatic heterocycles. The molecule has 0 saturated heterocycles. The third-order valence-electron chi connectivity index (χ3n) is 3.12. The van der Waals surface area contributed by atoms with Crippen LogP contribution >= 0.6 is 11.3 Å². The van der Waals surface area contributed by atoms with Crippen molar-refractivity contribution in [3.8, 4) is 5.75 Å². The summed E-state index contributed by atoms with van der Waals surface area (Å²) in [4.78, 5) is 2.31. The van der Waals surface area contributed by atoms with Crippen molar-refractivity contribution in [3.63, 3.8) is 0 Å². The van der Waals surface area contributed by atoms with Crippen LogP contribution in [0.4, 0.5) is 4.39 Å². The minimum absolute atomic E-state index is 0.142. The van der Waals surface area contributed by atoms with Gasteiger partial charge in [-0.1, -0.05) is 0 Å². The van der Waals surface area contributed by atoms with E-state index in [9.17, 15) is 9.50 Å². The predicted molar refractivity (Wildman–Crippen MR) is 68.4 cm³/mol. The average Bonchev–Trinajstić information content (AvgIpc) is 2.77. The zero-order valence-electron chi connectivity index (χ0n) is 9.89. The molecule has 2 aromatic rings. The van der Waals surface area contributed by atoms with E-state index in [1.165, 1.54) is 17.0 Å². The van der Waals surface area contributed by atoms with Crippen molar-refractivity contribution in [2.24, 2.45) is 0 Å². The van der Waals surface area contributed by atoms with E-state index in [4.69, 9.17) is 4.74 Å². The SMILES string of the molecule is Cc1ccc(C2CC(O)c3cc(F)ccc3O2)s1. The number of hydrogen-bond acceptors (Lipinski definition) is 3. The normalized spacial score (nSPS) is 22.4. The predicted octanol–water partition coefficient (Wildman–Crippen LogP) is 3.75. The lowest BCUT2D eigenvalue weighted by Gasteiger charge is -2.29. The summed E-state index contributed by atoms with van der Waals surface area (Å²) in [7, 11) is 0. The van der Waals surface area contributed by atoms with Gasteiger partial charge in [-0.2, -0.15) is 0 Å². The van der Waals surface area contributed by atoms with Crippen LogP contribution in [0.5, 0.6) is 5.75 Å². The van der Waals surface area contributed by atoms with Crippen LogP contribution in [0.15, 0.2) is 30.3 Å². The molecule has 4 heteroatoms. The van der Waals surface area contributed by atoms with Crippen LogP contribution in [-0.4, -0.2) is 5.11 Å². The fourth-order valence-electron chi connectivity index (χ4n) is 2.22. The Hall–Kier alpha value is -1.39. The van der Waals surface area contributed by atoms with Gasteiger partial charge in [-0.15, -0.1) is 11.3 Å². The number of aliphatic hydroxyl groups is 1. The van der Waals surface area contributed by atoms with Gasteiger partial charge in [-0.3, -0.25) is 0 Å². The summed E-state index contributed by atoms with van der Waals surface area (Å²) < 4.78 is 19.0. The summed E-state index contributed by atoms with van der Waals surface area (Å²) in [5.74, 6) is 0.230. The standard InChI is InChI=1S/C14H13FO2S/c1-8-2-5-14(18-8)13-7-11(16)10-6-9(15)3-4-12(10)17-13/h2-6,11,13,16H,7H2,1H3. The molecule has 2 nitrogen and oxygen atoms in total. The van der Waals surface area contributed by atoms with Crippen LogP contribution in [0.25, 0.3) is 0 Å². The molecular weight excluding hydrogens is 251 g/mol. The number of hydrogen-bond donors (Lipinski definition) is 1. The summed E-state index contributed by atoms with van der Waals surface area (Å²) in [6.45, 7) is 2.04. The summed E-state index contributed by atoms with van der Waals surface area (Å²) >= 11 is 1.66. The fourth-order valence-corrected chi connectivity index (χ4v) is 3.14. The maximum atomic E-state index is 13.1. The Morgan fingerprint density at radius 3 is 2.89 bits per heavy atom. The minimum atomic E-state index is -0.670. The van der Waals surface area contributed by atoms with Gasteiger partial charge in [-0.05, 0) is 37.3 Å². The lowest BCUT2D eigenvalue weighted by Crippen LogP contribution is -2.18. The van der Waals surface area contributed by atoms with Gasteiger partial charge in [0.1, 0.15) is 17.7 Å². The van der Waals surface area contributed by atoms with Crippen LogP contribution in [0.1, 0.15) is 33.9 Å². The maximum absolute atomic E-state index is 13.1. The van der Waals surface area contributed by atoms with E-state index in [0.717, 1.165) is 4.88 Å². The van der Waals surface area contributed by atoms with E-state index in [1.807, 2.05) is 19.1 Å².